The van der Waals surface area contributed by atoms with Crippen molar-refractivity contribution in [1.82, 2.24) is 14.7 Å². The zero-order valence-corrected chi connectivity index (χ0v) is 16.3. The predicted octanol–water partition coefficient (Wildman–Crippen LogP) is 1.64. The number of ether oxygens (including phenoxy) is 3. The number of aromatic nitrogens is 2. The smallest absolute Gasteiger partial charge is 0.223 e. The fourth-order valence-electron chi connectivity index (χ4n) is 3.57. The van der Waals surface area contributed by atoms with E-state index in [2.05, 4.69) is 5.10 Å². The number of aliphatic hydroxyl groups is 1. The number of morpholine rings is 1. The van der Waals surface area contributed by atoms with Crippen molar-refractivity contribution in [2.24, 2.45) is 0 Å². The third-order valence-electron chi connectivity index (χ3n) is 4.94. The number of rotatable bonds is 8. The molecule has 28 heavy (non-hydrogen) atoms. The molecule has 1 N–H and O–H groups in total. The lowest BCUT2D eigenvalue weighted by molar-refractivity contribution is -0.150. The summed E-state index contributed by atoms with van der Waals surface area (Å²) in [6.45, 7) is 1.40. The molecule has 152 valence electrons. The van der Waals surface area contributed by atoms with Gasteiger partial charge in [-0.2, -0.15) is 5.10 Å². The van der Waals surface area contributed by atoms with E-state index in [1.807, 2.05) is 29.1 Å². The Morgan fingerprint density at radius 1 is 1.32 bits per heavy atom. The fraction of sp³-hybridized carbons (Fsp3) is 0.500. The van der Waals surface area contributed by atoms with Gasteiger partial charge in [0.2, 0.25) is 5.91 Å². The average Bonchev–Trinajstić information content (AvgIpc) is 3.26. The van der Waals surface area contributed by atoms with Gasteiger partial charge in [-0.05, 0) is 30.2 Å². The Kier molecular flexibility index (Phi) is 6.89. The first-order chi connectivity index (χ1) is 13.7. The second-order valence-corrected chi connectivity index (χ2v) is 6.61. The van der Waals surface area contributed by atoms with Gasteiger partial charge in [0.25, 0.3) is 0 Å². The van der Waals surface area contributed by atoms with Gasteiger partial charge in [0.1, 0.15) is 6.10 Å². The molecule has 1 aliphatic rings. The Morgan fingerprint density at radius 2 is 2.14 bits per heavy atom. The van der Waals surface area contributed by atoms with Crippen LogP contribution in [0.3, 0.4) is 0 Å². The summed E-state index contributed by atoms with van der Waals surface area (Å²) in [5.74, 6) is 1.22. The van der Waals surface area contributed by atoms with Gasteiger partial charge in [0.15, 0.2) is 11.5 Å². The Hall–Kier alpha value is -2.58. The van der Waals surface area contributed by atoms with E-state index in [1.54, 1.807) is 31.4 Å². The van der Waals surface area contributed by atoms with Crippen molar-refractivity contribution in [1.29, 1.82) is 0 Å². The summed E-state index contributed by atoms with van der Waals surface area (Å²) in [6.07, 6.45) is 4.22. The van der Waals surface area contributed by atoms with Crippen molar-refractivity contribution >= 4 is 5.91 Å². The maximum absolute atomic E-state index is 13.0. The van der Waals surface area contributed by atoms with Crippen LogP contribution in [0.5, 0.6) is 11.5 Å². The normalized spacial score (nSPS) is 19.5. The molecule has 2 aromatic rings. The van der Waals surface area contributed by atoms with Crippen LogP contribution in [0, 0.1) is 0 Å². The summed E-state index contributed by atoms with van der Waals surface area (Å²) in [5, 5.41) is 14.0. The summed E-state index contributed by atoms with van der Waals surface area (Å²) in [7, 11) is 3.15. The Morgan fingerprint density at radius 3 is 2.82 bits per heavy atom. The maximum atomic E-state index is 13.0. The molecule has 1 saturated heterocycles. The molecule has 0 saturated carbocycles. The molecule has 0 aliphatic carbocycles. The fourth-order valence-corrected chi connectivity index (χ4v) is 3.57. The van der Waals surface area contributed by atoms with Crippen molar-refractivity contribution < 1.29 is 24.1 Å². The van der Waals surface area contributed by atoms with E-state index < -0.39 is 6.10 Å². The van der Waals surface area contributed by atoms with Crippen molar-refractivity contribution in [2.45, 2.75) is 31.5 Å². The zero-order valence-electron chi connectivity index (χ0n) is 16.3. The SMILES string of the molecule is COc1ccc([C@H]2[C@H](CO)OCCN2C(=O)CCCn2cccn2)cc1OC. The van der Waals surface area contributed by atoms with Crippen LogP contribution >= 0.6 is 0 Å². The highest BCUT2D eigenvalue weighted by Gasteiger charge is 2.36. The molecule has 8 nitrogen and oxygen atoms in total. The molecule has 0 radical (unpaired) electrons. The molecule has 8 heteroatoms. The number of hydrogen-bond donors (Lipinski definition) is 1. The number of methoxy groups -OCH3 is 2. The number of aliphatic hydroxyl groups excluding tert-OH is 1. The molecule has 1 amide bonds. The first-order valence-corrected chi connectivity index (χ1v) is 9.39. The minimum atomic E-state index is -0.484. The minimum absolute atomic E-state index is 0.0358. The first-order valence-electron chi connectivity index (χ1n) is 9.39. The third kappa shape index (κ3) is 4.45. The zero-order chi connectivity index (χ0) is 19.9. The Balaban J connectivity index is 1.77. The summed E-state index contributed by atoms with van der Waals surface area (Å²) in [6, 6.07) is 7.01. The summed E-state index contributed by atoms with van der Waals surface area (Å²) < 4.78 is 18.2. The number of aryl methyl sites for hydroxylation is 1. The van der Waals surface area contributed by atoms with Crippen LogP contribution in [0.15, 0.2) is 36.7 Å². The largest absolute Gasteiger partial charge is 0.493 e. The van der Waals surface area contributed by atoms with Crippen LogP contribution in [-0.4, -0.2) is 65.8 Å². The van der Waals surface area contributed by atoms with Crippen LogP contribution in [0.1, 0.15) is 24.4 Å². The summed E-state index contributed by atoms with van der Waals surface area (Å²) in [4.78, 5) is 14.8. The molecule has 0 bridgehead atoms. The summed E-state index contributed by atoms with van der Waals surface area (Å²) in [5.41, 5.74) is 0.844. The highest BCUT2D eigenvalue weighted by atomic mass is 16.5. The highest BCUT2D eigenvalue weighted by Crippen LogP contribution is 2.36. The second kappa shape index (κ2) is 9.57. The van der Waals surface area contributed by atoms with E-state index in [0.29, 0.717) is 44.0 Å². The molecule has 1 aliphatic heterocycles. The maximum Gasteiger partial charge on any atom is 0.223 e. The van der Waals surface area contributed by atoms with Gasteiger partial charge >= 0.3 is 0 Å². The van der Waals surface area contributed by atoms with Crippen LogP contribution in [-0.2, 0) is 16.1 Å². The van der Waals surface area contributed by atoms with Crippen molar-refractivity contribution in [3.63, 3.8) is 0 Å². The topological polar surface area (TPSA) is 86.0 Å². The second-order valence-electron chi connectivity index (χ2n) is 6.61. The van der Waals surface area contributed by atoms with E-state index in [1.165, 1.54) is 0 Å². The van der Waals surface area contributed by atoms with Crippen LogP contribution < -0.4 is 9.47 Å². The van der Waals surface area contributed by atoms with Gasteiger partial charge in [-0.15, -0.1) is 0 Å². The summed E-state index contributed by atoms with van der Waals surface area (Å²) >= 11 is 0. The molecule has 1 fully saturated rings. The van der Waals surface area contributed by atoms with Gasteiger partial charge < -0.3 is 24.2 Å². The van der Waals surface area contributed by atoms with Gasteiger partial charge in [-0.1, -0.05) is 6.07 Å². The van der Waals surface area contributed by atoms with Crippen LogP contribution in [0.25, 0.3) is 0 Å². The van der Waals surface area contributed by atoms with Gasteiger partial charge in [-0.25, -0.2) is 0 Å². The van der Waals surface area contributed by atoms with Crippen molar-refractivity contribution in [3.05, 3.63) is 42.2 Å². The lowest BCUT2D eigenvalue weighted by Gasteiger charge is -2.41. The standard InChI is InChI=1S/C20H27N3O5/c1-26-16-7-6-15(13-17(16)27-2)20-18(14-24)28-12-11-23(20)19(25)5-3-9-22-10-4-8-21-22/h4,6-8,10,13,18,20,24H,3,5,9,11-12,14H2,1-2H3/t18-,20-/m0/s1. The van der Waals surface area contributed by atoms with Gasteiger partial charge in [-0.3, -0.25) is 9.48 Å². The van der Waals surface area contributed by atoms with E-state index in [9.17, 15) is 9.90 Å². The van der Waals surface area contributed by atoms with Gasteiger partial charge in [0, 0.05) is 31.9 Å². The average molecular weight is 389 g/mol. The third-order valence-corrected chi connectivity index (χ3v) is 4.94. The molecule has 0 spiro atoms. The monoisotopic (exact) mass is 389 g/mol. The van der Waals surface area contributed by atoms with Crippen LogP contribution in [0.4, 0.5) is 0 Å². The molecular formula is C20H27N3O5. The quantitative estimate of drug-likeness (QED) is 0.739. The molecule has 1 aromatic carbocycles. The lowest BCUT2D eigenvalue weighted by Crippen LogP contribution is -2.49. The van der Waals surface area contributed by atoms with E-state index in [0.717, 1.165) is 5.56 Å². The van der Waals surface area contributed by atoms with E-state index in [4.69, 9.17) is 14.2 Å². The number of carbonyl (C=O) groups excluding carboxylic acids is 1. The minimum Gasteiger partial charge on any atom is -0.493 e. The molecule has 2 heterocycles. The van der Waals surface area contributed by atoms with Gasteiger partial charge in [0.05, 0.1) is 33.5 Å². The number of hydrogen-bond acceptors (Lipinski definition) is 6. The molecule has 3 rings (SSSR count). The van der Waals surface area contributed by atoms with Crippen molar-refractivity contribution in [3.8, 4) is 11.5 Å². The van der Waals surface area contributed by atoms with Crippen molar-refractivity contribution in [2.75, 3.05) is 34.0 Å². The molecule has 2 atom stereocenters. The Bertz CT molecular complexity index is 765. The molecule has 1 aromatic heterocycles. The van der Waals surface area contributed by atoms with E-state index in [-0.39, 0.29) is 18.6 Å². The Labute approximate surface area is 164 Å². The number of carbonyl (C=O) groups is 1. The number of amides is 1. The molecular weight excluding hydrogens is 362 g/mol. The molecule has 0 unspecified atom stereocenters. The number of benzene rings is 1. The van der Waals surface area contributed by atoms with E-state index >= 15 is 0 Å². The highest BCUT2D eigenvalue weighted by molar-refractivity contribution is 5.77. The first kappa shape index (κ1) is 20.2. The van der Waals surface area contributed by atoms with Crippen LogP contribution in [0.2, 0.25) is 0 Å². The number of nitrogens with zero attached hydrogens (tertiary/aromatic N) is 3. The lowest BCUT2D eigenvalue weighted by atomic mass is 9.97. The predicted molar refractivity (Wildman–Crippen MR) is 102 cm³/mol.